The first-order chi connectivity index (χ1) is 16.3. The lowest BCUT2D eigenvalue weighted by Crippen LogP contribution is -2.51. The largest absolute Gasteiger partial charge is 0.383 e. The molecule has 34 heavy (non-hydrogen) atoms. The van der Waals surface area contributed by atoms with Crippen molar-refractivity contribution in [1.82, 2.24) is 14.9 Å². The number of nitrogens with one attached hydrogen (secondary N) is 1. The van der Waals surface area contributed by atoms with Gasteiger partial charge in [-0.1, -0.05) is 23.2 Å². The van der Waals surface area contributed by atoms with Gasteiger partial charge in [0.2, 0.25) is 0 Å². The number of benzene rings is 2. The van der Waals surface area contributed by atoms with Crippen molar-refractivity contribution < 1.29 is 13.5 Å². The van der Waals surface area contributed by atoms with Crippen LogP contribution in [0.5, 0.6) is 0 Å². The van der Waals surface area contributed by atoms with E-state index in [4.69, 9.17) is 27.9 Å². The summed E-state index contributed by atoms with van der Waals surface area (Å²) in [6, 6.07) is 3.56. The van der Waals surface area contributed by atoms with E-state index in [2.05, 4.69) is 22.1 Å². The summed E-state index contributed by atoms with van der Waals surface area (Å²) in [5.74, 6) is -0.573. The van der Waals surface area contributed by atoms with Crippen LogP contribution in [0.25, 0.3) is 22.0 Å². The van der Waals surface area contributed by atoms with E-state index in [1.165, 1.54) is 17.8 Å². The van der Waals surface area contributed by atoms with Crippen molar-refractivity contribution in [3.05, 3.63) is 50.4 Å². The van der Waals surface area contributed by atoms with Crippen LogP contribution < -0.4 is 15.9 Å². The number of rotatable bonds is 4. The topological polar surface area (TPSA) is 59.4 Å². The van der Waals surface area contributed by atoms with Crippen molar-refractivity contribution in [2.75, 3.05) is 44.0 Å². The summed E-state index contributed by atoms with van der Waals surface area (Å²) >= 11 is 14.2. The molecule has 2 atom stereocenters. The van der Waals surface area contributed by atoms with E-state index in [1.54, 1.807) is 17.7 Å². The second-order valence-corrected chi connectivity index (χ2v) is 10.3. The van der Waals surface area contributed by atoms with Crippen LogP contribution in [0, 0.1) is 11.6 Å². The van der Waals surface area contributed by atoms with Crippen LogP contribution >= 0.6 is 35.0 Å². The molecule has 1 N–H and O–H groups in total. The van der Waals surface area contributed by atoms with Crippen molar-refractivity contribution in [2.45, 2.75) is 23.9 Å². The van der Waals surface area contributed by atoms with Crippen LogP contribution in [0.4, 0.5) is 14.6 Å². The van der Waals surface area contributed by atoms with E-state index in [0.29, 0.717) is 46.1 Å². The molecule has 6 nitrogen and oxygen atoms in total. The Labute approximate surface area is 209 Å². The first-order valence-corrected chi connectivity index (χ1v) is 12.6. The molecular weight excluding hydrogens is 505 g/mol. The van der Waals surface area contributed by atoms with Gasteiger partial charge in [-0.05, 0) is 19.1 Å². The predicted molar refractivity (Wildman–Crippen MR) is 133 cm³/mol. The number of methoxy groups -OCH3 is 1. The third kappa shape index (κ3) is 3.87. The predicted octanol–water partition coefficient (Wildman–Crippen LogP) is 4.74. The van der Waals surface area contributed by atoms with Crippen molar-refractivity contribution in [2.24, 2.45) is 0 Å². The Morgan fingerprint density at radius 3 is 2.76 bits per heavy atom. The highest BCUT2D eigenvalue weighted by Crippen LogP contribution is 2.48. The third-order valence-electron chi connectivity index (χ3n) is 6.29. The third-order valence-corrected chi connectivity index (χ3v) is 8.12. The molecule has 1 fully saturated rings. The first kappa shape index (κ1) is 23.8. The highest BCUT2D eigenvalue weighted by molar-refractivity contribution is 7.99. The maximum absolute atomic E-state index is 14.9. The van der Waals surface area contributed by atoms with E-state index in [0.717, 1.165) is 19.2 Å². The lowest BCUT2D eigenvalue weighted by atomic mass is 10.0. The van der Waals surface area contributed by atoms with Crippen LogP contribution in [0.15, 0.2) is 27.9 Å². The molecule has 0 bridgehead atoms. The molecule has 1 saturated heterocycles. The van der Waals surface area contributed by atoms with E-state index >= 15 is 0 Å². The molecule has 0 amide bonds. The number of piperazine rings is 1. The number of ether oxygens (including phenoxy) is 1. The highest BCUT2D eigenvalue weighted by Gasteiger charge is 2.32. The number of hydrogen-bond acceptors (Lipinski definition) is 6. The first-order valence-electron chi connectivity index (χ1n) is 10.8. The van der Waals surface area contributed by atoms with Crippen LogP contribution in [0.1, 0.15) is 13.0 Å². The highest BCUT2D eigenvalue weighted by atomic mass is 35.5. The van der Waals surface area contributed by atoms with Crippen LogP contribution in [0.3, 0.4) is 0 Å². The molecule has 11 heteroatoms. The lowest BCUT2D eigenvalue weighted by Gasteiger charge is -2.37. The molecule has 0 spiro atoms. The fraction of sp³-hybridized carbons (Fsp3) is 0.391. The van der Waals surface area contributed by atoms with Gasteiger partial charge in [0.25, 0.3) is 0 Å². The molecular formula is C23H22Cl2F2N4O2S. The van der Waals surface area contributed by atoms with Crippen molar-refractivity contribution >= 4 is 51.7 Å². The number of halogens is 4. The van der Waals surface area contributed by atoms with Crippen LogP contribution in [-0.4, -0.2) is 54.7 Å². The number of anilines is 1. The summed E-state index contributed by atoms with van der Waals surface area (Å²) in [6.07, 6.45) is 0. The monoisotopic (exact) mass is 526 g/mol. The molecule has 180 valence electrons. The SMILES string of the molecule is COC[C@H]1CSc2c(-c3cc(Cl)c(F)cc3F)c(Cl)cc3c(N4CCNC[C@@H]4C)nc(=O)n1c23. The zero-order chi connectivity index (χ0) is 24.1. The van der Waals surface area contributed by atoms with Gasteiger partial charge < -0.3 is 15.0 Å². The molecule has 1 aromatic heterocycles. The summed E-state index contributed by atoms with van der Waals surface area (Å²) in [6.45, 7) is 4.58. The Morgan fingerprint density at radius 2 is 2.03 bits per heavy atom. The van der Waals surface area contributed by atoms with Crippen molar-refractivity contribution in [3.8, 4) is 11.1 Å². The smallest absolute Gasteiger partial charge is 0.350 e. The van der Waals surface area contributed by atoms with Gasteiger partial charge in [0.15, 0.2) is 0 Å². The van der Waals surface area contributed by atoms with E-state index < -0.39 is 17.3 Å². The number of nitrogens with zero attached hydrogens (tertiary/aromatic N) is 3. The molecule has 2 aliphatic rings. The fourth-order valence-corrected chi connectivity index (χ4v) is 6.55. The van der Waals surface area contributed by atoms with Gasteiger partial charge >= 0.3 is 5.69 Å². The Bertz CT molecular complexity index is 1350. The molecule has 0 aliphatic carbocycles. The van der Waals surface area contributed by atoms with E-state index in [9.17, 15) is 13.6 Å². The molecule has 3 heterocycles. The Kier molecular flexibility index (Phi) is 6.50. The molecule has 0 radical (unpaired) electrons. The van der Waals surface area contributed by atoms with Gasteiger partial charge in [0.05, 0.1) is 28.2 Å². The average Bonchev–Trinajstić information content (AvgIpc) is 2.80. The quantitative estimate of drug-likeness (QED) is 0.495. The number of aromatic nitrogens is 2. The number of thioether (sulfide) groups is 1. The van der Waals surface area contributed by atoms with Crippen molar-refractivity contribution in [3.63, 3.8) is 0 Å². The Hall–Kier alpha value is -1.91. The number of hydrogen-bond donors (Lipinski definition) is 1. The molecule has 0 unspecified atom stereocenters. The molecule has 2 aliphatic heterocycles. The summed E-state index contributed by atoms with van der Waals surface area (Å²) in [7, 11) is 1.58. The minimum Gasteiger partial charge on any atom is -0.383 e. The van der Waals surface area contributed by atoms with Gasteiger partial charge in [0, 0.05) is 66.0 Å². The lowest BCUT2D eigenvalue weighted by molar-refractivity contribution is 0.163. The standard InChI is InChI=1S/C23H22Cl2F2N4O2S/c1-11-8-28-3-4-30(11)22-14-6-16(25)19(13-5-15(24)18(27)7-17(13)26)21-20(14)31(23(32)29-22)12(9-33-2)10-34-21/h5-7,11-12,28H,3-4,8-10H2,1-2H3/t11-,12-/m0/s1. The molecule has 3 aromatic rings. The summed E-state index contributed by atoms with van der Waals surface area (Å²) in [5, 5.41) is 4.11. The van der Waals surface area contributed by atoms with Gasteiger partial charge in [0.1, 0.15) is 17.5 Å². The Balaban J connectivity index is 1.86. The zero-order valence-corrected chi connectivity index (χ0v) is 20.8. The molecule has 0 saturated carbocycles. The summed E-state index contributed by atoms with van der Waals surface area (Å²) < 4.78 is 35.8. The molecule has 5 rings (SSSR count). The van der Waals surface area contributed by atoms with Gasteiger partial charge in [-0.2, -0.15) is 4.98 Å². The fourth-order valence-electron chi connectivity index (χ4n) is 4.71. The maximum atomic E-state index is 14.9. The van der Waals surface area contributed by atoms with E-state index in [-0.39, 0.29) is 27.7 Å². The second kappa shape index (κ2) is 9.28. The Morgan fingerprint density at radius 1 is 1.24 bits per heavy atom. The van der Waals surface area contributed by atoms with Crippen LogP contribution in [0.2, 0.25) is 10.0 Å². The van der Waals surface area contributed by atoms with Gasteiger partial charge in [-0.3, -0.25) is 4.57 Å². The van der Waals surface area contributed by atoms with Crippen LogP contribution in [-0.2, 0) is 4.74 Å². The summed E-state index contributed by atoms with van der Waals surface area (Å²) in [4.78, 5) is 20.6. The minimum atomic E-state index is -0.850. The minimum absolute atomic E-state index is 0.0823. The van der Waals surface area contributed by atoms with E-state index in [1.807, 2.05) is 0 Å². The second-order valence-electron chi connectivity index (χ2n) is 8.46. The summed E-state index contributed by atoms with van der Waals surface area (Å²) in [5.41, 5.74) is 0.688. The maximum Gasteiger partial charge on any atom is 0.350 e. The normalized spacial score (nSPS) is 20.2. The zero-order valence-electron chi connectivity index (χ0n) is 18.5. The molecule has 2 aromatic carbocycles. The average molecular weight is 527 g/mol. The van der Waals surface area contributed by atoms with Gasteiger partial charge in [-0.15, -0.1) is 11.8 Å². The van der Waals surface area contributed by atoms with Gasteiger partial charge in [-0.25, -0.2) is 13.6 Å². The van der Waals surface area contributed by atoms with Crippen molar-refractivity contribution in [1.29, 1.82) is 0 Å².